The maximum atomic E-state index is 12.4. The maximum absolute atomic E-state index is 12.4. The lowest BCUT2D eigenvalue weighted by Crippen LogP contribution is -2.41. The molecule has 4 rings (SSSR count). The summed E-state index contributed by atoms with van der Waals surface area (Å²) in [6.07, 6.45) is 1.11. The number of ether oxygens (including phenoxy) is 1. The van der Waals surface area contributed by atoms with Crippen molar-refractivity contribution in [3.8, 4) is 11.4 Å². The normalized spacial score (nSPS) is 16.9. The Bertz CT molecular complexity index is 809. The molecule has 3 heterocycles. The van der Waals surface area contributed by atoms with Crippen LogP contribution in [0, 0.1) is 0 Å². The minimum atomic E-state index is 0.0933. The third-order valence-corrected chi connectivity index (χ3v) is 5.23. The van der Waals surface area contributed by atoms with Gasteiger partial charge in [0.2, 0.25) is 5.91 Å². The molecule has 0 unspecified atom stereocenters. The van der Waals surface area contributed by atoms with E-state index in [-0.39, 0.29) is 5.91 Å². The van der Waals surface area contributed by atoms with Gasteiger partial charge in [0.1, 0.15) is 5.82 Å². The van der Waals surface area contributed by atoms with Crippen molar-refractivity contribution in [3.63, 3.8) is 0 Å². The molecule has 2 aliphatic rings. The molecule has 0 N–H and O–H groups in total. The summed E-state index contributed by atoms with van der Waals surface area (Å²) in [4.78, 5) is 26.2. The zero-order valence-corrected chi connectivity index (χ0v) is 16.0. The van der Waals surface area contributed by atoms with Crippen molar-refractivity contribution in [2.75, 3.05) is 43.6 Å². The van der Waals surface area contributed by atoms with E-state index in [1.54, 1.807) is 0 Å². The number of amides is 1. The second-order valence-corrected chi connectivity index (χ2v) is 7.14. The molecule has 0 bridgehead atoms. The predicted molar refractivity (Wildman–Crippen MR) is 105 cm³/mol. The van der Waals surface area contributed by atoms with Crippen LogP contribution in [0.4, 0.5) is 5.82 Å². The van der Waals surface area contributed by atoms with E-state index in [1.807, 2.05) is 35.2 Å². The van der Waals surface area contributed by atoms with Crippen LogP contribution in [0.25, 0.3) is 11.4 Å². The Labute approximate surface area is 164 Å². The van der Waals surface area contributed by atoms with E-state index >= 15 is 0 Å². The molecule has 0 atom stereocenters. The van der Waals surface area contributed by atoms with Gasteiger partial charge in [0.15, 0.2) is 5.82 Å². The first-order valence-electron chi connectivity index (χ1n) is 9.38. The standard InChI is InChI=1S/C20H23ClN4O2/c21-8-6-18(26)25-9-7-17-16(14-25)20(24-10-12-27-13-11-24)23-19(22-17)15-4-2-1-3-5-15/h1-5H,6-14H2. The number of nitrogens with zero attached hydrogens (tertiary/aromatic N) is 4. The van der Waals surface area contributed by atoms with E-state index in [0.717, 1.165) is 48.0 Å². The van der Waals surface area contributed by atoms with Crippen molar-refractivity contribution >= 4 is 23.3 Å². The number of anilines is 1. The van der Waals surface area contributed by atoms with Gasteiger partial charge in [-0.05, 0) is 0 Å². The summed E-state index contributed by atoms with van der Waals surface area (Å²) in [7, 11) is 0. The van der Waals surface area contributed by atoms with Gasteiger partial charge in [0, 0.05) is 49.5 Å². The second-order valence-electron chi connectivity index (χ2n) is 6.77. The zero-order valence-electron chi connectivity index (χ0n) is 15.2. The largest absolute Gasteiger partial charge is 0.378 e. The first-order chi connectivity index (χ1) is 13.3. The van der Waals surface area contributed by atoms with Crippen molar-refractivity contribution in [2.45, 2.75) is 19.4 Å². The first kappa shape index (κ1) is 18.2. The minimum Gasteiger partial charge on any atom is -0.378 e. The molecule has 1 aromatic carbocycles. The van der Waals surface area contributed by atoms with Crippen molar-refractivity contribution in [2.24, 2.45) is 0 Å². The molecule has 0 aliphatic carbocycles. The van der Waals surface area contributed by atoms with Crippen LogP contribution in [0.3, 0.4) is 0 Å². The maximum Gasteiger partial charge on any atom is 0.224 e. The first-order valence-corrected chi connectivity index (χ1v) is 9.91. The average molecular weight is 387 g/mol. The summed E-state index contributed by atoms with van der Waals surface area (Å²) in [6.45, 7) is 4.20. The molecule has 1 saturated heterocycles. The second kappa shape index (κ2) is 8.23. The van der Waals surface area contributed by atoms with E-state index in [4.69, 9.17) is 26.3 Å². The van der Waals surface area contributed by atoms with E-state index in [9.17, 15) is 4.79 Å². The molecule has 0 radical (unpaired) electrons. The van der Waals surface area contributed by atoms with Gasteiger partial charge in [0.05, 0.1) is 25.5 Å². The number of hydrogen-bond donors (Lipinski definition) is 0. The molecule has 142 valence electrons. The lowest BCUT2D eigenvalue weighted by Gasteiger charge is -2.34. The van der Waals surface area contributed by atoms with Crippen LogP contribution < -0.4 is 4.90 Å². The SMILES string of the molecule is O=C(CCCl)N1CCc2nc(-c3ccccc3)nc(N3CCOCC3)c2C1. The highest BCUT2D eigenvalue weighted by Gasteiger charge is 2.28. The Morgan fingerprint density at radius 1 is 1.11 bits per heavy atom. The van der Waals surface area contributed by atoms with Gasteiger partial charge in [-0.3, -0.25) is 4.79 Å². The van der Waals surface area contributed by atoms with E-state index in [2.05, 4.69) is 4.90 Å². The smallest absolute Gasteiger partial charge is 0.224 e. The highest BCUT2D eigenvalue weighted by Crippen LogP contribution is 2.30. The van der Waals surface area contributed by atoms with Crippen LogP contribution in [0.2, 0.25) is 0 Å². The molecule has 1 fully saturated rings. The van der Waals surface area contributed by atoms with Gasteiger partial charge >= 0.3 is 0 Å². The van der Waals surface area contributed by atoms with Gasteiger partial charge in [-0.15, -0.1) is 11.6 Å². The third-order valence-electron chi connectivity index (χ3n) is 5.04. The average Bonchev–Trinajstić information content (AvgIpc) is 2.74. The Morgan fingerprint density at radius 3 is 2.63 bits per heavy atom. The molecular formula is C20H23ClN4O2. The van der Waals surface area contributed by atoms with Crippen molar-refractivity contribution < 1.29 is 9.53 Å². The quantitative estimate of drug-likeness (QED) is 0.755. The Hall–Kier alpha value is -2.18. The fourth-order valence-electron chi connectivity index (χ4n) is 3.60. The summed E-state index contributed by atoms with van der Waals surface area (Å²) in [5, 5.41) is 0. The van der Waals surface area contributed by atoms with Gasteiger partial charge < -0.3 is 14.5 Å². The Balaban J connectivity index is 1.73. The Kier molecular flexibility index (Phi) is 5.55. The number of rotatable bonds is 4. The summed E-state index contributed by atoms with van der Waals surface area (Å²) in [5.74, 6) is 2.12. The van der Waals surface area contributed by atoms with Crippen LogP contribution in [0.5, 0.6) is 0 Å². The summed E-state index contributed by atoms with van der Waals surface area (Å²) in [6, 6.07) is 10.1. The number of benzene rings is 1. The molecule has 1 aromatic heterocycles. The van der Waals surface area contributed by atoms with Crippen molar-refractivity contribution in [1.29, 1.82) is 0 Å². The summed E-state index contributed by atoms with van der Waals surface area (Å²) in [5.41, 5.74) is 3.11. The van der Waals surface area contributed by atoms with Crippen molar-refractivity contribution in [3.05, 3.63) is 41.6 Å². The number of hydrogen-bond acceptors (Lipinski definition) is 5. The molecular weight excluding hydrogens is 364 g/mol. The van der Waals surface area contributed by atoms with E-state index in [0.29, 0.717) is 38.6 Å². The van der Waals surface area contributed by atoms with Crippen LogP contribution in [0.1, 0.15) is 17.7 Å². The zero-order chi connectivity index (χ0) is 18.6. The summed E-state index contributed by atoms with van der Waals surface area (Å²) >= 11 is 5.76. The van der Waals surface area contributed by atoms with E-state index in [1.165, 1.54) is 0 Å². The highest BCUT2D eigenvalue weighted by atomic mass is 35.5. The van der Waals surface area contributed by atoms with Crippen LogP contribution in [-0.4, -0.2) is 59.5 Å². The third kappa shape index (κ3) is 3.92. The number of alkyl halides is 1. The van der Waals surface area contributed by atoms with Crippen LogP contribution >= 0.6 is 11.6 Å². The van der Waals surface area contributed by atoms with Gasteiger partial charge in [0.25, 0.3) is 0 Å². The fourth-order valence-corrected chi connectivity index (χ4v) is 3.76. The monoisotopic (exact) mass is 386 g/mol. The molecule has 0 spiro atoms. The number of aromatic nitrogens is 2. The lowest BCUT2D eigenvalue weighted by molar-refractivity contribution is -0.131. The number of fused-ring (bicyclic) bond motifs is 1. The van der Waals surface area contributed by atoms with Crippen LogP contribution in [-0.2, 0) is 22.5 Å². The van der Waals surface area contributed by atoms with Gasteiger partial charge in [-0.25, -0.2) is 9.97 Å². The van der Waals surface area contributed by atoms with E-state index < -0.39 is 0 Å². The van der Waals surface area contributed by atoms with Crippen LogP contribution in [0.15, 0.2) is 30.3 Å². The van der Waals surface area contributed by atoms with Crippen molar-refractivity contribution in [1.82, 2.24) is 14.9 Å². The molecule has 2 aromatic rings. The molecule has 0 saturated carbocycles. The number of carbonyl (C=O) groups is 1. The molecule has 27 heavy (non-hydrogen) atoms. The number of carbonyl (C=O) groups excluding carboxylic acids is 1. The highest BCUT2D eigenvalue weighted by molar-refractivity contribution is 6.18. The van der Waals surface area contributed by atoms with Gasteiger partial charge in [-0.1, -0.05) is 30.3 Å². The Morgan fingerprint density at radius 2 is 1.89 bits per heavy atom. The number of halogens is 1. The molecule has 7 heteroatoms. The fraction of sp³-hybridized carbons (Fsp3) is 0.450. The predicted octanol–water partition coefficient (Wildman–Crippen LogP) is 2.49. The number of morpholine rings is 1. The summed E-state index contributed by atoms with van der Waals surface area (Å²) < 4.78 is 5.51. The molecule has 6 nitrogen and oxygen atoms in total. The molecule has 2 aliphatic heterocycles. The van der Waals surface area contributed by atoms with Gasteiger partial charge in [-0.2, -0.15) is 0 Å². The lowest BCUT2D eigenvalue weighted by atomic mass is 10.0. The topological polar surface area (TPSA) is 58.6 Å². The molecule has 1 amide bonds. The minimum absolute atomic E-state index is 0.0933.